The molecule has 0 heterocycles. The maximum absolute atomic E-state index is 12.7. The number of hydrogen-bond donors (Lipinski definition) is 1. The molecule has 1 aromatic rings. The molecule has 126 valence electrons. The van der Waals surface area contributed by atoms with Crippen LogP contribution in [0.25, 0.3) is 0 Å². The van der Waals surface area contributed by atoms with Gasteiger partial charge in [0.05, 0.1) is 9.82 Å². The first kappa shape index (κ1) is 16.4. The second kappa shape index (κ2) is 5.87. The van der Waals surface area contributed by atoms with Crippen molar-refractivity contribution in [2.24, 2.45) is 17.8 Å². The Labute approximate surface area is 136 Å². The molecule has 0 aromatic heterocycles. The van der Waals surface area contributed by atoms with E-state index in [1.165, 1.54) is 31.4 Å². The Hall–Kier alpha value is -1.47. The predicted octanol–water partition coefficient (Wildman–Crippen LogP) is 3.01. The van der Waals surface area contributed by atoms with Gasteiger partial charge in [-0.2, -0.15) is 0 Å². The fraction of sp³-hybridized carbons (Fsp3) is 0.625. The summed E-state index contributed by atoms with van der Waals surface area (Å²) in [4.78, 5) is 10.3. The van der Waals surface area contributed by atoms with E-state index in [0.29, 0.717) is 17.4 Å². The zero-order chi connectivity index (χ0) is 16.8. The van der Waals surface area contributed by atoms with E-state index >= 15 is 0 Å². The van der Waals surface area contributed by atoms with Crippen LogP contribution in [0.5, 0.6) is 0 Å². The summed E-state index contributed by atoms with van der Waals surface area (Å²) in [5.41, 5.74) is 0.312. The SMILES string of the molecule is Cc1ccc([N+](=O)[O-])cc1S(=O)(=O)N[C@@H](C)[C@@H]1C[C@@H]2CC[C@@H]1C2. The van der Waals surface area contributed by atoms with Crippen molar-refractivity contribution in [2.75, 3.05) is 0 Å². The summed E-state index contributed by atoms with van der Waals surface area (Å²) in [5, 5.41) is 10.9. The third-order valence-electron chi connectivity index (χ3n) is 5.45. The molecular weight excluding hydrogens is 316 g/mol. The molecule has 0 unspecified atom stereocenters. The van der Waals surface area contributed by atoms with Crippen molar-refractivity contribution in [1.82, 2.24) is 4.72 Å². The molecule has 6 nitrogen and oxygen atoms in total. The molecule has 0 amide bonds. The molecule has 2 aliphatic rings. The van der Waals surface area contributed by atoms with E-state index < -0.39 is 14.9 Å². The van der Waals surface area contributed by atoms with Gasteiger partial charge < -0.3 is 0 Å². The Balaban J connectivity index is 1.81. The number of nitrogens with zero attached hydrogens (tertiary/aromatic N) is 1. The molecule has 4 atom stereocenters. The number of hydrogen-bond acceptors (Lipinski definition) is 4. The number of nitrogens with one attached hydrogen (secondary N) is 1. The van der Waals surface area contributed by atoms with Gasteiger partial charge in [0.2, 0.25) is 10.0 Å². The van der Waals surface area contributed by atoms with E-state index in [0.717, 1.165) is 18.4 Å². The fourth-order valence-corrected chi connectivity index (χ4v) is 5.85. The first-order valence-electron chi connectivity index (χ1n) is 8.05. The van der Waals surface area contributed by atoms with Crippen LogP contribution in [0.3, 0.4) is 0 Å². The van der Waals surface area contributed by atoms with Crippen LogP contribution in [0.2, 0.25) is 0 Å². The van der Waals surface area contributed by atoms with Crippen LogP contribution in [0.4, 0.5) is 5.69 Å². The minimum atomic E-state index is -3.75. The number of non-ortho nitro benzene ring substituents is 1. The largest absolute Gasteiger partial charge is 0.270 e. The van der Waals surface area contributed by atoms with Gasteiger partial charge in [0.1, 0.15) is 0 Å². The molecule has 3 rings (SSSR count). The molecule has 1 N–H and O–H groups in total. The van der Waals surface area contributed by atoms with Crippen molar-refractivity contribution in [1.29, 1.82) is 0 Å². The van der Waals surface area contributed by atoms with Gasteiger partial charge in [0, 0.05) is 18.2 Å². The zero-order valence-electron chi connectivity index (χ0n) is 13.4. The smallest absolute Gasteiger partial charge is 0.258 e. The molecule has 0 spiro atoms. The van der Waals surface area contributed by atoms with E-state index in [1.807, 2.05) is 6.92 Å². The van der Waals surface area contributed by atoms with Gasteiger partial charge in [-0.25, -0.2) is 13.1 Å². The molecule has 1 aromatic carbocycles. The van der Waals surface area contributed by atoms with Gasteiger partial charge in [0.25, 0.3) is 5.69 Å². The first-order valence-corrected chi connectivity index (χ1v) is 9.53. The van der Waals surface area contributed by atoms with Crippen molar-refractivity contribution >= 4 is 15.7 Å². The van der Waals surface area contributed by atoms with Gasteiger partial charge in [0.15, 0.2) is 0 Å². The number of nitro groups is 1. The minimum Gasteiger partial charge on any atom is -0.258 e. The number of fused-ring (bicyclic) bond motifs is 2. The van der Waals surface area contributed by atoms with E-state index in [-0.39, 0.29) is 16.6 Å². The molecule has 23 heavy (non-hydrogen) atoms. The molecular formula is C16H22N2O4S. The third-order valence-corrected chi connectivity index (χ3v) is 7.15. The normalized spacial score (nSPS) is 28.0. The van der Waals surface area contributed by atoms with Gasteiger partial charge >= 0.3 is 0 Å². The maximum Gasteiger partial charge on any atom is 0.270 e. The van der Waals surface area contributed by atoms with Crippen molar-refractivity contribution in [3.63, 3.8) is 0 Å². The van der Waals surface area contributed by atoms with Gasteiger partial charge in [-0.1, -0.05) is 12.5 Å². The first-order chi connectivity index (χ1) is 10.8. The summed E-state index contributed by atoms with van der Waals surface area (Å²) < 4.78 is 28.1. The highest BCUT2D eigenvalue weighted by Gasteiger charge is 2.42. The summed E-state index contributed by atoms with van der Waals surface area (Å²) in [5.74, 6) is 1.74. The Kier molecular flexibility index (Phi) is 4.18. The lowest BCUT2D eigenvalue weighted by molar-refractivity contribution is -0.385. The van der Waals surface area contributed by atoms with Crippen molar-refractivity contribution in [3.8, 4) is 0 Å². The Morgan fingerprint density at radius 3 is 2.61 bits per heavy atom. The van der Waals surface area contributed by atoms with Crippen LogP contribution < -0.4 is 4.72 Å². The van der Waals surface area contributed by atoms with Crippen LogP contribution in [-0.4, -0.2) is 19.4 Å². The lowest BCUT2D eigenvalue weighted by Gasteiger charge is -2.28. The molecule has 2 fully saturated rings. The van der Waals surface area contributed by atoms with Gasteiger partial charge in [-0.15, -0.1) is 0 Å². The number of sulfonamides is 1. The monoisotopic (exact) mass is 338 g/mol. The Morgan fingerprint density at radius 1 is 1.30 bits per heavy atom. The quantitative estimate of drug-likeness (QED) is 0.660. The van der Waals surface area contributed by atoms with Crippen LogP contribution in [0.1, 0.15) is 38.2 Å². The van der Waals surface area contributed by atoms with Crippen molar-refractivity contribution in [2.45, 2.75) is 50.5 Å². The van der Waals surface area contributed by atoms with Crippen LogP contribution in [-0.2, 0) is 10.0 Å². The molecule has 2 aliphatic carbocycles. The summed E-state index contributed by atoms with van der Waals surface area (Å²) in [6, 6.07) is 3.81. The lowest BCUT2D eigenvalue weighted by atomic mass is 9.84. The van der Waals surface area contributed by atoms with Crippen LogP contribution in [0.15, 0.2) is 23.1 Å². The average molecular weight is 338 g/mol. The number of rotatable bonds is 5. The number of aryl methyl sites for hydroxylation is 1. The van der Waals surface area contributed by atoms with Gasteiger partial charge in [-0.05, 0) is 56.4 Å². The standard InChI is InChI=1S/C16H22N2O4S/c1-10-3-6-14(18(19)20)9-16(10)23(21,22)17-11(2)15-8-12-4-5-13(15)7-12/h3,6,9,11-13,15,17H,4-5,7-8H2,1-2H3/t11-,12+,13+,15-/m0/s1. The van der Waals surface area contributed by atoms with Crippen molar-refractivity contribution < 1.29 is 13.3 Å². The summed E-state index contributed by atoms with van der Waals surface area (Å²) in [6.07, 6.45) is 4.76. The second-order valence-electron chi connectivity index (χ2n) is 6.96. The Bertz CT molecular complexity index is 732. The van der Waals surface area contributed by atoms with E-state index in [9.17, 15) is 18.5 Å². The highest BCUT2D eigenvalue weighted by molar-refractivity contribution is 7.89. The molecule has 0 saturated heterocycles. The molecule has 0 aliphatic heterocycles. The average Bonchev–Trinajstić information content (AvgIpc) is 3.09. The maximum atomic E-state index is 12.7. The second-order valence-corrected chi connectivity index (χ2v) is 8.64. The molecule has 0 radical (unpaired) electrons. The van der Waals surface area contributed by atoms with Crippen LogP contribution in [0, 0.1) is 34.8 Å². The zero-order valence-corrected chi connectivity index (χ0v) is 14.2. The highest BCUT2D eigenvalue weighted by atomic mass is 32.2. The van der Waals surface area contributed by atoms with Gasteiger partial charge in [-0.3, -0.25) is 10.1 Å². The summed E-state index contributed by atoms with van der Waals surface area (Å²) in [6.45, 7) is 3.57. The molecule has 2 bridgehead atoms. The lowest BCUT2D eigenvalue weighted by Crippen LogP contribution is -2.40. The van der Waals surface area contributed by atoms with Crippen LogP contribution >= 0.6 is 0 Å². The fourth-order valence-electron chi connectivity index (χ4n) is 4.29. The predicted molar refractivity (Wildman–Crippen MR) is 86.6 cm³/mol. The highest BCUT2D eigenvalue weighted by Crippen LogP contribution is 2.49. The summed E-state index contributed by atoms with van der Waals surface area (Å²) in [7, 11) is -3.75. The third kappa shape index (κ3) is 3.12. The molecule has 2 saturated carbocycles. The minimum absolute atomic E-state index is 0.00158. The van der Waals surface area contributed by atoms with E-state index in [2.05, 4.69) is 4.72 Å². The number of nitro benzene ring substituents is 1. The topological polar surface area (TPSA) is 89.3 Å². The summed E-state index contributed by atoms with van der Waals surface area (Å²) >= 11 is 0. The molecule has 7 heteroatoms. The Morgan fingerprint density at radius 2 is 2.04 bits per heavy atom. The number of benzene rings is 1. The van der Waals surface area contributed by atoms with E-state index in [4.69, 9.17) is 0 Å². The van der Waals surface area contributed by atoms with E-state index in [1.54, 1.807) is 6.92 Å². The van der Waals surface area contributed by atoms with Crippen molar-refractivity contribution in [3.05, 3.63) is 33.9 Å².